The molecule has 0 saturated heterocycles. The highest BCUT2D eigenvalue weighted by atomic mass is 35.5. The fourth-order valence-corrected chi connectivity index (χ4v) is 7.52. The summed E-state index contributed by atoms with van der Waals surface area (Å²) in [6, 6.07) is 17.2. The zero-order chi connectivity index (χ0) is 31.2. The lowest BCUT2D eigenvalue weighted by molar-refractivity contribution is 0.0484. The quantitative estimate of drug-likeness (QED) is 0.0907. The van der Waals surface area contributed by atoms with Crippen LogP contribution in [0.15, 0.2) is 48.5 Å². The topological polar surface area (TPSA) is 68.3 Å². The van der Waals surface area contributed by atoms with E-state index in [1.54, 1.807) is 0 Å². The fourth-order valence-electron chi connectivity index (χ4n) is 5.49. The van der Waals surface area contributed by atoms with Gasteiger partial charge in [-0.1, -0.05) is 92.8 Å². The van der Waals surface area contributed by atoms with Crippen molar-refractivity contribution in [3.8, 4) is 0 Å². The van der Waals surface area contributed by atoms with Crippen LogP contribution in [0.5, 0.6) is 0 Å². The molecule has 14 heteroatoms. The van der Waals surface area contributed by atoms with E-state index in [1.807, 2.05) is 0 Å². The number of benzene rings is 4. The molecule has 0 unspecified atom stereocenters. The van der Waals surface area contributed by atoms with E-state index in [9.17, 15) is 19.2 Å². The summed E-state index contributed by atoms with van der Waals surface area (Å²) in [4.78, 5) is 58.5. The second-order valence-electron chi connectivity index (χ2n) is 9.51. The van der Waals surface area contributed by atoms with Gasteiger partial charge in [-0.25, -0.2) is 19.2 Å². The second kappa shape index (κ2) is 10.7. The Labute approximate surface area is 283 Å². The van der Waals surface area contributed by atoms with Crippen molar-refractivity contribution in [1.82, 2.24) is 8.97 Å². The number of amides is 4. The van der Waals surface area contributed by atoms with E-state index in [0.29, 0.717) is 0 Å². The molecule has 2 aliphatic rings. The largest absolute Gasteiger partial charge is 0.366 e. The van der Waals surface area contributed by atoms with Crippen molar-refractivity contribution < 1.29 is 19.2 Å². The van der Waals surface area contributed by atoms with Crippen LogP contribution in [0.1, 0.15) is 41.4 Å². The third-order valence-electron chi connectivity index (χ3n) is 7.48. The Morgan fingerprint density at radius 3 is 0.884 bits per heavy atom. The van der Waals surface area contributed by atoms with Crippen molar-refractivity contribution in [2.45, 2.75) is 0 Å². The van der Waals surface area contributed by atoms with Gasteiger partial charge in [0.05, 0.1) is 40.2 Å². The molecule has 0 atom stereocenters. The molecule has 0 N–H and O–H groups in total. The second-order valence-corrected chi connectivity index (χ2v) is 12.5. The van der Waals surface area contributed by atoms with Gasteiger partial charge in [0.25, 0.3) is 0 Å². The summed E-state index contributed by atoms with van der Waals surface area (Å²) in [7, 11) is 0. The molecule has 4 aromatic rings. The summed E-state index contributed by atoms with van der Waals surface area (Å²) >= 11 is 51.1. The number of hydrogen-bond donors (Lipinski definition) is 0. The Hall–Kier alpha value is -2.20. The number of carbonyl (C=O) groups is 4. The van der Waals surface area contributed by atoms with Crippen molar-refractivity contribution >= 4 is 128 Å². The van der Waals surface area contributed by atoms with Crippen molar-refractivity contribution in [3.63, 3.8) is 0 Å². The molecule has 0 spiro atoms. The first-order chi connectivity index (χ1) is 20.3. The van der Waals surface area contributed by atoms with Crippen LogP contribution >= 0.6 is 92.8 Å². The Morgan fingerprint density at radius 1 is 0.419 bits per heavy atom. The van der Waals surface area contributed by atoms with Crippen LogP contribution in [0.2, 0.25) is 40.2 Å². The summed E-state index contributed by atoms with van der Waals surface area (Å²) in [6.45, 7) is -0.837. The third kappa shape index (κ3) is 3.96. The minimum atomic E-state index is -1.26. The number of fused-ring (bicyclic) bond motifs is 2. The standard InChI is InChI=1S/C29H10Cl8N2O4/c30-18-14-15(19(31)23(35)22(18)34)27(41)38(26(14)40,12-7-3-1-4-8-12)11-39(13-9-5-2-6-10-13)28(42)16-17(29(39)43)21(33)25(37)24(36)20(16)32/h3-10H,11H2/q+2. The summed E-state index contributed by atoms with van der Waals surface area (Å²) in [6.07, 6.45) is 0. The van der Waals surface area contributed by atoms with Gasteiger partial charge in [-0.2, -0.15) is 0 Å². The molecule has 2 aliphatic heterocycles. The molecule has 6 rings (SSSR count). The maximum Gasteiger partial charge on any atom is 0.366 e. The van der Waals surface area contributed by atoms with Gasteiger partial charge in [-0.05, 0) is 36.4 Å². The predicted octanol–water partition coefficient (Wildman–Crippen LogP) is 9.77. The molecule has 43 heavy (non-hydrogen) atoms. The summed E-state index contributed by atoms with van der Waals surface area (Å²) in [5, 5.41) is -2.28. The van der Waals surface area contributed by atoms with Gasteiger partial charge in [0.2, 0.25) is 6.67 Å². The van der Waals surface area contributed by atoms with Crippen molar-refractivity contribution in [3.05, 3.63) is 123 Å². The summed E-state index contributed by atoms with van der Waals surface area (Å²) < 4.78 is -2.53. The number of quaternary nitrogens is 2. The SMILES string of the molecule is O=C1c2c(Cl)c(Cl)c(Cl)c(Cl)c2C(=O)[N+]1(C[N+]1(c2cc[c]cc2)C(=O)c2c(Cl)c(Cl)c(Cl)c(Cl)c2C1=O)c1cc[c]cc1. The molecule has 0 bridgehead atoms. The third-order valence-corrected chi connectivity index (χ3v) is 11.1. The van der Waals surface area contributed by atoms with Crippen LogP contribution in [0.25, 0.3) is 0 Å². The number of hydrogen-bond acceptors (Lipinski definition) is 4. The van der Waals surface area contributed by atoms with E-state index in [2.05, 4.69) is 12.1 Å². The number of rotatable bonds is 4. The molecule has 0 aliphatic carbocycles. The van der Waals surface area contributed by atoms with Crippen molar-refractivity contribution in [2.75, 3.05) is 6.67 Å². The van der Waals surface area contributed by atoms with Crippen LogP contribution in [0.3, 0.4) is 0 Å². The number of halogens is 8. The predicted molar refractivity (Wildman–Crippen MR) is 169 cm³/mol. The first kappa shape index (κ1) is 30.8. The molecule has 6 nitrogen and oxygen atoms in total. The van der Waals surface area contributed by atoms with Crippen LogP contribution < -0.4 is 8.97 Å². The zero-order valence-corrected chi connectivity index (χ0v) is 26.9. The lowest BCUT2D eigenvalue weighted by atomic mass is 10.1. The van der Waals surface area contributed by atoms with Crippen LogP contribution in [0.4, 0.5) is 11.4 Å². The van der Waals surface area contributed by atoms with Crippen LogP contribution in [-0.4, -0.2) is 30.3 Å². The maximum absolute atomic E-state index is 14.6. The first-order valence-electron chi connectivity index (χ1n) is 11.9. The van der Waals surface area contributed by atoms with Gasteiger partial charge in [0.15, 0.2) is 11.4 Å². The van der Waals surface area contributed by atoms with Gasteiger partial charge >= 0.3 is 23.6 Å². The molecular formula is C29H10Cl8N2O4+2. The summed E-state index contributed by atoms with van der Waals surface area (Å²) in [5.74, 6) is -3.66. The van der Waals surface area contributed by atoms with Crippen LogP contribution in [0, 0.1) is 12.1 Å². The minimum Gasteiger partial charge on any atom is -0.224 e. The monoisotopic (exact) mass is 730 g/mol. The van der Waals surface area contributed by atoms with Gasteiger partial charge in [-0.3, -0.25) is 0 Å². The Morgan fingerprint density at radius 2 is 0.651 bits per heavy atom. The molecule has 0 fully saturated rings. The van der Waals surface area contributed by atoms with E-state index in [4.69, 9.17) is 92.8 Å². The van der Waals surface area contributed by atoms with E-state index in [0.717, 1.165) is 0 Å². The lowest BCUT2D eigenvalue weighted by Gasteiger charge is -2.35. The normalized spacial score (nSPS) is 16.6. The fraction of sp³-hybridized carbons (Fsp3) is 0.0345. The van der Waals surface area contributed by atoms with Gasteiger partial charge in [-0.15, -0.1) is 8.97 Å². The number of nitrogens with zero attached hydrogens (tertiary/aromatic N) is 2. The average Bonchev–Trinajstić information content (AvgIpc) is 3.38. The van der Waals surface area contributed by atoms with Crippen molar-refractivity contribution in [1.29, 1.82) is 0 Å². The molecule has 2 radical (unpaired) electrons. The number of imide groups is 2. The molecular weight excluding hydrogens is 724 g/mol. The zero-order valence-electron chi connectivity index (χ0n) is 20.9. The van der Waals surface area contributed by atoms with E-state index in [1.165, 1.54) is 48.5 Å². The highest BCUT2D eigenvalue weighted by Gasteiger charge is 2.69. The highest BCUT2D eigenvalue weighted by Crippen LogP contribution is 2.52. The molecule has 2 heterocycles. The van der Waals surface area contributed by atoms with E-state index in [-0.39, 0.29) is 73.8 Å². The smallest absolute Gasteiger partial charge is 0.224 e. The molecule has 4 aromatic carbocycles. The van der Waals surface area contributed by atoms with Gasteiger partial charge in [0.1, 0.15) is 22.3 Å². The average molecular weight is 734 g/mol. The van der Waals surface area contributed by atoms with Gasteiger partial charge < -0.3 is 0 Å². The molecule has 0 aromatic heterocycles. The lowest BCUT2D eigenvalue weighted by Crippen LogP contribution is -2.69. The van der Waals surface area contributed by atoms with Crippen molar-refractivity contribution in [2.24, 2.45) is 0 Å². The highest BCUT2D eigenvalue weighted by molar-refractivity contribution is 6.57. The maximum atomic E-state index is 14.6. The Kier molecular flexibility index (Phi) is 7.67. The van der Waals surface area contributed by atoms with E-state index < -0.39 is 39.3 Å². The van der Waals surface area contributed by atoms with Gasteiger partial charge in [0, 0.05) is 24.3 Å². The molecule has 214 valence electrons. The van der Waals surface area contributed by atoms with Crippen LogP contribution in [-0.2, 0) is 0 Å². The van der Waals surface area contributed by atoms with E-state index >= 15 is 0 Å². The Bertz CT molecular complexity index is 1730. The molecule has 0 saturated carbocycles. The Balaban J connectivity index is 1.72. The number of carbonyl (C=O) groups excluding carboxylic acids is 4. The first-order valence-corrected chi connectivity index (χ1v) is 15.0. The summed E-state index contributed by atoms with van der Waals surface area (Å²) in [5.41, 5.74) is -1.16. The molecule has 4 amide bonds. The minimum absolute atomic E-state index is 0.0640.